The van der Waals surface area contributed by atoms with Crippen LogP contribution >= 0.6 is 0 Å². The zero-order chi connectivity index (χ0) is 16.1. The molecule has 2 amide bonds. The van der Waals surface area contributed by atoms with Crippen LogP contribution in [0.25, 0.3) is 0 Å². The van der Waals surface area contributed by atoms with Gasteiger partial charge >= 0.3 is 0 Å². The van der Waals surface area contributed by atoms with Gasteiger partial charge in [0.15, 0.2) is 13.1 Å². The van der Waals surface area contributed by atoms with E-state index < -0.39 is 0 Å². The Kier molecular flexibility index (Phi) is 5.55. The summed E-state index contributed by atoms with van der Waals surface area (Å²) in [7, 11) is 1.86. The Morgan fingerprint density at radius 3 is 2.36 bits per heavy atom. The SMILES string of the molecule is Cc1ccc(NC(=O)C[NH+](C)CC(=O)N[C@H](C)C2CC2)cc1. The standard InChI is InChI=1S/C17H25N3O2/c1-12-4-8-15(9-5-12)19-17(22)11-20(3)10-16(21)18-13(2)14-6-7-14/h4-5,8-9,13-14H,6-7,10-11H2,1-3H3,(H,18,21)(H,19,22)/p+1/t13-/m1/s1. The Balaban J connectivity index is 1.71. The predicted molar refractivity (Wildman–Crippen MR) is 86.8 cm³/mol. The van der Waals surface area contributed by atoms with Gasteiger partial charge in [-0.15, -0.1) is 0 Å². The number of nitrogens with one attached hydrogen (secondary N) is 3. The Morgan fingerprint density at radius 2 is 1.77 bits per heavy atom. The van der Waals surface area contributed by atoms with Crippen molar-refractivity contribution in [3.63, 3.8) is 0 Å². The van der Waals surface area contributed by atoms with Gasteiger partial charge in [0.05, 0.1) is 7.05 Å². The molecule has 22 heavy (non-hydrogen) atoms. The molecule has 1 aliphatic rings. The number of amides is 2. The first-order chi connectivity index (χ1) is 10.4. The van der Waals surface area contributed by atoms with Crippen molar-refractivity contribution in [1.29, 1.82) is 0 Å². The summed E-state index contributed by atoms with van der Waals surface area (Å²) < 4.78 is 0. The first-order valence-corrected chi connectivity index (χ1v) is 7.91. The van der Waals surface area contributed by atoms with Crippen molar-refractivity contribution in [2.45, 2.75) is 32.7 Å². The van der Waals surface area contributed by atoms with E-state index in [0.29, 0.717) is 12.5 Å². The zero-order valence-electron chi connectivity index (χ0n) is 13.6. The van der Waals surface area contributed by atoms with Crippen LogP contribution in [0.2, 0.25) is 0 Å². The van der Waals surface area contributed by atoms with Crippen LogP contribution in [0.15, 0.2) is 24.3 Å². The number of carbonyl (C=O) groups is 2. The molecular formula is C17H26N3O2+. The molecule has 1 unspecified atom stereocenters. The lowest BCUT2D eigenvalue weighted by Gasteiger charge is -2.16. The molecule has 120 valence electrons. The molecule has 5 nitrogen and oxygen atoms in total. The maximum Gasteiger partial charge on any atom is 0.279 e. The Bertz CT molecular complexity index is 523. The smallest absolute Gasteiger partial charge is 0.279 e. The second-order valence-corrected chi connectivity index (χ2v) is 6.42. The third-order valence-corrected chi connectivity index (χ3v) is 3.98. The van der Waals surface area contributed by atoms with E-state index in [1.807, 2.05) is 38.2 Å². The van der Waals surface area contributed by atoms with Crippen LogP contribution in [0.1, 0.15) is 25.3 Å². The number of quaternary nitrogens is 1. The van der Waals surface area contributed by atoms with Crippen LogP contribution in [0.4, 0.5) is 5.69 Å². The van der Waals surface area contributed by atoms with Gasteiger partial charge in [0.1, 0.15) is 0 Å². The number of hydrogen-bond donors (Lipinski definition) is 3. The minimum atomic E-state index is -0.0793. The molecule has 0 heterocycles. The number of aryl methyl sites for hydroxylation is 1. The average Bonchev–Trinajstić information content (AvgIpc) is 3.25. The number of benzene rings is 1. The zero-order valence-corrected chi connectivity index (χ0v) is 13.6. The van der Waals surface area contributed by atoms with Crippen molar-refractivity contribution in [3.8, 4) is 0 Å². The Labute approximate surface area is 132 Å². The van der Waals surface area contributed by atoms with Crippen molar-refractivity contribution in [2.24, 2.45) is 5.92 Å². The predicted octanol–water partition coefficient (Wildman–Crippen LogP) is 0.363. The van der Waals surface area contributed by atoms with Crippen LogP contribution in [0.5, 0.6) is 0 Å². The van der Waals surface area contributed by atoms with Gasteiger partial charge in [0.25, 0.3) is 11.8 Å². The molecule has 2 atom stereocenters. The highest BCUT2D eigenvalue weighted by Gasteiger charge is 2.29. The summed E-state index contributed by atoms with van der Waals surface area (Å²) in [5.74, 6) is 0.582. The van der Waals surface area contributed by atoms with E-state index in [4.69, 9.17) is 0 Å². The molecule has 0 bridgehead atoms. The second kappa shape index (κ2) is 7.40. The molecular weight excluding hydrogens is 278 g/mol. The van der Waals surface area contributed by atoms with Crippen LogP contribution in [-0.4, -0.2) is 38.0 Å². The van der Waals surface area contributed by atoms with Gasteiger partial charge in [-0.25, -0.2) is 0 Å². The number of carbonyl (C=O) groups excluding carboxylic acids is 2. The van der Waals surface area contributed by atoms with E-state index in [1.54, 1.807) is 0 Å². The fraction of sp³-hybridized carbons (Fsp3) is 0.529. The summed E-state index contributed by atoms with van der Waals surface area (Å²) in [4.78, 5) is 24.8. The van der Waals surface area contributed by atoms with Crippen LogP contribution < -0.4 is 15.5 Å². The highest BCUT2D eigenvalue weighted by atomic mass is 16.2. The summed E-state index contributed by atoms with van der Waals surface area (Å²) in [5, 5.41) is 5.86. The van der Waals surface area contributed by atoms with E-state index in [0.717, 1.165) is 16.2 Å². The minimum Gasteiger partial charge on any atom is -0.348 e. The third-order valence-electron chi connectivity index (χ3n) is 3.98. The Hall–Kier alpha value is -1.88. The normalized spacial score (nSPS) is 16.7. The minimum absolute atomic E-state index is 0.0139. The number of hydrogen-bond acceptors (Lipinski definition) is 2. The van der Waals surface area contributed by atoms with Crippen LogP contribution in [0.3, 0.4) is 0 Å². The molecule has 0 radical (unpaired) electrons. The van der Waals surface area contributed by atoms with Crippen LogP contribution in [0, 0.1) is 12.8 Å². The van der Waals surface area contributed by atoms with Gasteiger partial charge in [-0.1, -0.05) is 17.7 Å². The molecule has 1 fully saturated rings. The van der Waals surface area contributed by atoms with Gasteiger partial charge in [0, 0.05) is 11.7 Å². The lowest BCUT2D eigenvalue weighted by Crippen LogP contribution is -3.11. The Morgan fingerprint density at radius 1 is 1.18 bits per heavy atom. The highest BCUT2D eigenvalue weighted by molar-refractivity contribution is 5.91. The summed E-state index contributed by atoms with van der Waals surface area (Å²) in [6, 6.07) is 7.93. The highest BCUT2D eigenvalue weighted by Crippen LogP contribution is 2.32. The molecule has 5 heteroatoms. The lowest BCUT2D eigenvalue weighted by atomic mass is 10.2. The second-order valence-electron chi connectivity index (χ2n) is 6.42. The van der Waals surface area contributed by atoms with Crippen molar-refractivity contribution in [3.05, 3.63) is 29.8 Å². The average molecular weight is 304 g/mol. The summed E-state index contributed by atoms with van der Waals surface area (Å²) >= 11 is 0. The number of anilines is 1. The largest absolute Gasteiger partial charge is 0.348 e. The summed E-state index contributed by atoms with van der Waals surface area (Å²) in [5.41, 5.74) is 1.94. The monoisotopic (exact) mass is 304 g/mol. The van der Waals surface area contributed by atoms with E-state index in [9.17, 15) is 9.59 Å². The third kappa shape index (κ3) is 5.48. The van der Waals surface area contributed by atoms with Crippen molar-refractivity contribution < 1.29 is 14.5 Å². The van der Waals surface area contributed by atoms with Crippen molar-refractivity contribution in [2.75, 3.05) is 25.5 Å². The molecule has 0 aliphatic heterocycles. The molecule has 1 saturated carbocycles. The van der Waals surface area contributed by atoms with Gasteiger partial charge in [-0.3, -0.25) is 9.59 Å². The maximum atomic E-state index is 12.0. The molecule has 3 N–H and O–H groups in total. The van der Waals surface area contributed by atoms with Gasteiger partial charge in [-0.05, 0) is 44.7 Å². The van der Waals surface area contributed by atoms with Gasteiger partial charge < -0.3 is 15.5 Å². The van der Waals surface area contributed by atoms with Crippen LogP contribution in [-0.2, 0) is 9.59 Å². The molecule has 0 spiro atoms. The summed E-state index contributed by atoms with van der Waals surface area (Å²) in [6.45, 7) is 4.65. The molecule has 2 rings (SSSR count). The first-order valence-electron chi connectivity index (χ1n) is 7.91. The fourth-order valence-electron chi connectivity index (χ4n) is 2.47. The van der Waals surface area contributed by atoms with E-state index in [-0.39, 0.29) is 24.4 Å². The molecule has 1 aliphatic carbocycles. The van der Waals surface area contributed by atoms with E-state index >= 15 is 0 Å². The number of likely N-dealkylation sites (N-methyl/N-ethyl adjacent to an activating group) is 1. The first kappa shape index (κ1) is 16.5. The van der Waals surface area contributed by atoms with Gasteiger partial charge in [0.2, 0.25) is 0 Å². The fourth-order valence-corrected chi connectivity index (χ4v) is 2.47. The quantitative estimate of drug-likeness (QED) is 0.681. The summed E-state index contributed by atoms with van der Waals surface area (Å²) in [6.07, 6.45) is 2.42. The van der Waals surface area contributed by atoms with E-state index in [1.165, 1.54) is 12.8 Å². The maximum absolute atomic E-state index is 12.0. The molecule has 0 aromatic heterocycles. The topological polar surface area (TPSA) is 62.6 Å². The lowest BCUT2D eigenvalue weighted by molar-refractivity contribution is -0.862. The van der Waals surface area contributed by atoms with Gasteiger partial charge in [-0.2, -0.15) is 0 Å². The van der Waals surface area contributed by atoms with E-state index in [2.05, 4.69) is 17.6 Å². The van der Waals surface area contributed by atoms with Crippen molar-refractivity contribution in [1.82, 2.24) is 5.32 Å². The molecule has 1 aromatic rings. The molecule has 0 saturated heterocycles. The molecule has 1 aromatic carbocycles. The van der Waals surface area contributed by atoms with Crippen molar-refractivity contribution >= 4 is 17.5 Å². The number of rotatable bonds is 7.